The molecule has 0 bridgehead atoms. The molecule has 7 atom stereocenters. The summed E-state index contributed by atoms with van der Waals surface area (Å²) in [6, 6.07) is 25.1. The summed E-state index contributed by atoms with van der Waals surface area (Å²) < 4.78 is 0. The fourth-order valence-electron chi connectivity index (χ4n) is 11.8. The van der Waals surface area contributed by atoms with E-state index in [1.165, 1.54) is 0 Å². The van der Waals surface area contributed by atoms with Gasteiger partial charge >= 0.3 is 47.8 Å². The van der Waals surface area contributed by atoms with E-state index in [4.69, 9.17) is 17.3 Å². The van der Waals surface area contributed by atoms with Crippen LogP contribution in [-0.4, -0.2) is 241 Å². The summed E-state index contributed by atoms with van der Waals surface area (Å²) in [5.41, 5.74) is 3.49. The number of rotatable bonds is 47. The summed E-state index contributed by atoms with van der Waals surface area (Å²) in [4.78, 5) is 168. The minimum Gasteiger partial charge on any atom is -0.481 e. The standard InChI is InChI=1S/C73H98N12O20S/c86-60(74-34-16-14-25-55(70(101)102)80-72(105)81-56(71(103)104)32-33-62(88)89)26-12-1-2-13-27-61(87)77-54(69(99)100)24-15-17-35-75-66(96)57(41-48-18-6-3-7-19-48)78-67(97)58(42-49-20-8-4-9-21-49)79-68(98)59(43-50-22-10-5-11-23-50)82-73(106)76-52-30-28-51(29-31-52)40-53-44-84(46-64(92)93)37-36-83(45-63(90)91)38-39-85(53)47-65(94)95/h3-11,18-23,28-31,53-59H,1-2,12-17,24-27,32-47H2,(H,74,86)(H,75,96)(H,77,87)(H,78,97)(H,79,98)(H,88,89)(H,90,91)(H,92,93)(H,94,95)(H,99,100)(H,101,102)(H,103,104)(H2,76,82,106)(H2,80,81,105)/t53?,54?,55-,56-,57?,58?,59?/m0/s1. The average Bonchev–Trinajstić information content (AvgIpc) is 0.881. The number of urea groups is 1. The van der Waals surface area contributed by atoms with Crippen LogP contribution in [0.2, 0.25) is 0 Å². The van der Waals surface area contributed by atoms with Gasteiger partial charge in [0, 0.05) is 96.1 Å². The van der Waals surface area contributed by atoms with Crippen molar-refractivity contribution in [3.8, 4) is 0 Å². The first-order valence-electron chi connectivity index (χ1n) is 35.2. The van der Waals surface area contributed by atoms with Crippen LogP contribution in [0, 0.1) is 0 Å². The van der Waals surface area contributed by atoms with Gasteiger partial charge < -0.3 is 83.6 Å². The summed E-state index contributed by atoms with van der Waals surface area (Å²) in [6.07, 6.45) is 3.14. The highest BCUT2D eigenvalue weighted by Gasteiger charge is 2.33. The Balaban J connectivity index is 1.12. The van der Waals surface area contributed by atoms with Crippen LogP contribution in [-0.2, 0) is 83.2 Å². The third-order valence-electron chi connectivity index (χ3n) is 17.4. The van der Waals surface area contributed by atoms with Crippen molar-refractivity contribution in [3.63, 3.8) is 0 Å². The molecule has 5 rings (SSSR count). The maximum absolute atomic E-state index is 14.7. The van der Waals surface area contributed by atoms with E-state index in [0.717, 1.165) is 16.7 Å². The number of carbonyl (C=O) groups excluding carboxylic acids is 6. The molecule has 1 saturated heterocycles. The van der Waals surface area contributed by atoms with Crippen LogP contribution in [0.15, 0.2) is 115 Å². The zero-order valence-corrected chi connectivity index (χ0v) is 59.8. The number of aliphatic carboxylic acids is 7. The van der Waals surface area contributed by atoms with Crippen LogP contribution in [0.4, 0.5) is 10.5 Å². The quantitative estimate of drug-likeness (QED) is 0.0223. The van der Waals surface area contributed by atoms with Crippen LogP contribution in [0.1, 0.15) is 112 Å². The molecule has 7 amide bonds. The summed E-state index contributed by atoms with van der Waals surface area (Å²) >= 11 is 5.81. The van der Waals surface area contributed by atoms with Crippen molar-refractivity contribution in [2.24, 2.45) is 0 Å². The van der Waals surface area contributed by atoms with Gasteiger partial charge in [-0.15, -0.1) is 0 Å². The first-order valence-corrected chi connectivity index (χ1v) is 35.6. The number of nitrogens with one attached hydrogen (secondary N) is 9. The molecule has 1 heterocycles. The maximum Gasteiger partial charge on any atom is 0.326 e. The summed E-state index contributed by atoms with van der Waals surface area (Å²) in [6.45, 7) is 0.513. The lowest BCUT2D eigenvalue weighted by Crippen LogP contribution is -2.58. The number of hydrogen-bond donors (Lipinski definition) is 16. The Hall–Kier alpha value is -10.6. The largest absolute Gasteiger partial charge is 0.481 e. The molecule has 1 fully saturated rings. The van der Waals surface area contributed by atoms with Crippen molar-refractivity contribution < 1.29 is 98.1 Å². The van der Waals surface area contributed by atoms with E-state index in [9.17, 15) is 93.0 Å². The highest BCUT2D eigenvalue weighted by atomic mass is 32.1. The number of carboxylic acid groups (broad SMARTS) is 7. The Bertz CT molecular complexity index is 3550. The predicted octanol–water partition coefficient (Wildman–Crippen LogP) is 2.68. The first kappa shape index (κ1) is 86.0. The van der Waals surface area contributed by atoms with Gasteiger partial charge in [0.25, 0.3) is 0 Å². The van der Waals surface area contributed by atoms with Gasteiger partial charge in [-0.3, -0.25) is 57.9 Å². The normalized spacial score (nSPS) is 15.1. The zero-order valence-electron chi connectivity index (χ0n) is 59.0. The number of carboxylic acids is 7. The van der Waals surface area contributed by atoms with Gasteiger partial charge in [-0.25, -0.2) is 19.2 Å². The third kappa shape index (κ3) is 34.8. The van der Waals surface area contributed by atoms with Gasteiger partial charge in [-0.1, -0.05) is 116 Å². The number of hydrogen-bond acceptors (Lipinski definition) is 17. The SMILES string of the molecule is O=C(O)CC[C@H](NC(=O)N[C@@H](CCCCNC(=O)CCCCCCC(=O)NC(CCCCNC(=O)C(Cc1ccccc1)NC(=O)C(Cc1ccccc1)NC(=O)C(Cc1ccccc1)NC(=S)Nc1ccc(CC2CN(CC(=O)O)CCN(CC(=O)O)CCN2CC(=O)O)cc1)C(=O)O)C(=O)O)C(=O)O. The highest BCUT2D eigenvalue weighted by Crippen LogP contribution is 2.19. The summed E-state index contributed by atoms with van der Waals surface area (Å²) in [5.74, 6) is -11.1. The molecule has 106 heavy (non-hydrogen) atoms. The molecular weight excluding hydrogens is 1400 g/mol. The number of amides is 7. The highest BCUT2D eigenvalue weighted by molar-refractivity contribution is 7.80. The smallest absolute Gasteiger partial charge is 0.326 e. The molecule has 32 nitrogen and oxygen atoms in total. The molecule has 16 N–H and O–H groups in total. The first-order chi connectivity index (χ1) is 50.7. The predicted molar refractivity (Wildman–Crippen MR) is 391 cm³/mol. The molecule has 0 aromatic heterocycles. The van der Waals surface area contributed by atoms with Crippen molar-refractivity contribution in [2.75, 3.05) is 70.8 Å². The monoisotopic (exact) mass is 1490 g/mol. The van der Waals surface area contributed by atoms with E-state index in [1.54, 1.807) is 87.5 Å². The van der Waals surface area contributed by atoms with E-state index in [2.05, 4.69) is 47.9 Å². The van der Waals surface area contributed by atoms with Crippen molar-refractivity contribution in [2.45, 2.75) is 158 Å². The lowest BCUT2D eigenvalue weighted by Gasteiger charge is -2.33. The fraction of sp³-hybridized carbons (Fsp3) is 0.479. The maximum atomic E-state index is 14.7. The van der Waals surface area contributed by atoms with Crippen molar-refractivity contribution in [3.05, 3.63) is 138 Å². The van der Waals surface area contributed by atoms with Gasteiger partial charge in [-0.05, 0) is 111 Å². The number of thiocarbonyl (C=S) groups is 1. The second-order valence-electron chi connectivity index (χ2n) is 25.9. The molecule has 5 unspecified atom stereocenters. The van der Waals surface area contributed by atoms with Crippen LogP contribution < -0.4 is 47.9 Å². The molecule has 0 radical (unpaired) electrons. The summed E-state index contributed by atoms with van der Waals surface area (Å²) in [7, 11) is 0. The van der Waals surface area contributed by atoms with E-state index >= 15 is 0 Å². The van der Waals surface area contributed by atoms with Gasteiger partial charge in [0.05, 0.1) is 19.6 Å². The lowest BCUT2D eigenvalue weighted by atomic mass is 10.0. The second kappa shape index (κ2) is 46.9. The molecule has 0 spiro atoms. The molecule has 0 saturated carbocycles. The van der Waals surface area contributed by atoms with Gasteiger partial charge in [0.1, 0.15) is 36.3 Å². The molecule has 4 aromatic carbocycles. The summed E-state index contributed by atoms with van der Waals surface area (Å²) in [5, 5.41) is 91.3. The number of unbranched alkanes of at least 4 members (excludes halogenated alkanes) is 5. The van der Waals surface area contributed by atoms with E-state index in [1.807, 2.05) is 42.5 Å². The lowest BCUT2D eigenvalue weighted by molar-refractivity contribution is -0.142. The fourth-order valence-corrected chi connectivity index (χ4v) is 12.1. The molecular formula is C73H98N12O20S. The van der Waals surface area contributed by atoms with E-state index in [-0.39, 0.29) is 134 Å². The van der Waals surface area contributed by atoms with E-state index in [0.29, 0.717) is 56.2 Å². The van der Waals surface area contributed by atoms with Gasteiger partial charge in [0.15, 0.2) is 5.11 Å². The van der Waals surface area contributed by atoms with Crippen molar-refractivity contribution in [1.82, 2.24) is 57.2 Å². The van der Waals surface area contributed by atoms with E-state index < -0.39 is 127 Å². The van der Waals surface area contributed by atoms with Gasteiger partial charge in [0.2, 0.25) is 29.5 Å². The Labute approximate surface area is 619 Å². The topological polar surface area (TPSA) is 482 Å². The number of carbonyl (C=O) groups is 13. The Morgan fingerprint density at radius 3 is 1.31 bits per heavy atom. The van der Waals surface area contributed by atoms with Crippen LogP contribution in [0.5, 0.6) is 0 Å². The molecule has 1 aliphatic heterocycles. The van der Waals surface area contributed by atoms with Crippen LogP contribution >= 0.6 is 12.2 Å². The minimum absolute atomic E-state index is 0.0197. The molecule has 4 aromatic rings. The Morgan fingerprint density at radius 1 is 0.387 bits per heavy atom. The minimum atomic E-state index is -1.54. The van der Waals surface area contributed by atoms with Crippen molar-refractivity contribution >= 4 is 100 Å². The van der Waals surface area contributed by atoms with Crippen LogP contribution in [0.25, 0.3) is 0 Å². The van der Waals surface area contributed by atoms with Crippen LogP contribution in [0.3, 0.4) is 0 Å². The molecule has 33 heteroatoms. The third-order valence-corrected chi connectivity index (χ3v) is 17.6. The number of anilines is 1. The molecule has 1 aliphatic rings. The van der Waals surface area contributed by atoms with Gasteiger partial charge in [-0.2, -0.15) is 0 Å². The number of nitrogens with zero attached hydrogens (tertiary/aromatic N) is 3. The Kier molecular flexibility index (Phi) is 38.1. The second-order valence-corrected chi connectivity index (χ2v) is 26.3. The molecule has 576 valence electrons. The average molecular weight is 1500 g/mol. The Morgan fingerprint density at radius 2 is 0.821 bits per heavy atom. The van der Waals surface area contributed by atoms with Crippen molar-refractivity contribution in [1.29, 1.82) is 0 Å². The zero-order chi connectivity index (χ0) is 77.3. The number of benzene rings is 4. The molecule has 0 aliphatic carbocycles.